The van der Waals surface area contributed by atoms with Crippen LogP contribution in [0.4, 0.5) is 0 Å². The third kappa shape index (κ3) is 41.6. The van der Waals surface area contributed by atoms with Crippen molar-refractivity contribution in [3.05, 3.63) is 48.6 Å². The molecule has 0 aliphatic rings. The number of ether oxygens (including phenoxy) is 2. The molecule has 0 aliphatic carbocycles. The van der Waals surface area contributed by atoms with E-state index in [2.05, 4.69) is 49.5 Å². The molecule has 0 amide bonds. The van der Waals surface area contributed by atoms with Crippen molar-refractivity contribution in [3.8, 4) is 0 Å². The number of phosphoric ester groups is 1. The van der Waals surface area contributed by atoms with Gasteiger partial charge < -0.3 is 25.2 Å². The minimum absolute atomic E-state index is 0.0408. The topological polar surface area (TPSA) is 155 Å². The molecule has 0 aromatic carbocycles. The predicted octanol–water partition coefficient (Wildman–Crippen LogP) is 11.7. The zero-order valence-electron chi connectivity index (χ0n) is 35.5. The van der Waals surface area contributed by atoms with E-state index in [1.165, 1.54) is 83.5 Å². The molecule has 56 heavy (non-hydrogen) atoms. The Morgan fingerprint density at radius 2 is 1.05 bits per heavy atom. The maximum atomic E-state index is 12.6. The number of allylic oxidation sites excluding steroid dienone is 8. The molecular formula is C45H82NO9P. The van der Waals surface area contributed by atoms with Gasteiger partial charge in [-0.3, -0.25) is 18.6 Å². The number of carbonyl (C=O) groups excluding carboxylic acids is 2. The van der Waals surface area contributed by atoms with E-state index in [1.807, 2.05) is 13.0 Å². The van der Waals surface area contributed by atoms with Gasteiger partial charge in [0.15, 0.2) is 6.10 Å². The van der Waals surface area contributed by atoms with Gasteiger partial charge >= 0.3 is 19.8 Å². The number of aliphatic hydroxyl groups is 1. The number of unbranched alkanes of at least 4 members (excludes halogenated alkanes) is 18. The van der Waals surface area contributed by atoms with E-state index < -0.39 is 32.5 Å². The summed E-state index contributed by atoms with van der Waals surface area (Å²) in [6.07, 6.45) is 44.2. The summed E-state index contributed by atoms with van der Waals surface area (Å²) in [6, 6.07) is 0. The van der Waals surface area contributed by atoms with Crippen LogP contribution < -0.4 is 5.73 Å². The first-order valence-corrected chi connectivity index (χ1v) is 23.6. The standard InChI is InChI=1S/C45H82NO9P/c1-3-4-5-6-7-8-9-10-11-12-15-19-22-25-28-31-34-37-45(49)55-43(41-54-56(50,51)53-39-38-46)40-52-44(48)36-33-30-27-24-21-18-16-13-14-17-20-23-26-29-32-35-42(2)47/h14,16-18,23-24,26-27,42-43,47H,3-13,15,19-22,25,28-41,46H2,1-2H3,(H,50,51)/b17-14-,18-16-,26-23-,27-24-/t42-,43-/m1/s1. The zero-order chi connectivity index (χ0) is 41.2. The number of rotatable bonds is 41. The molecule has 0 saturated carbocycles. The minimum atomic E-state index is -4.40. The van der Waals surface area contributed by atoms with Gasteiger partial charge in [0, 0.05) is 19.4 Å². The Bertz CT molecular complexity index is 1080. The van der Waals surface area contributed by atoms with Gasteiger partial charge in [-0.05, 0) is 64.7 Å². The lowest BCUT2D eigenvalue weighted by Gasteiger charge is -2.19. The molecule has 0 aromatic rings. The first kappa shape index (κ1) is 53.9. The van der Waals surface area contributed by atoms with E-state index in [0.717, 1.165) is 64.2 Å². The average Bonchev–Trinajstić information content (AvgIpc) is 3.17. The van der Waals surface area contributed by atoms with Crippen LogP contribution in [-0.4, -0.2) is 60.5 Å². The summed E-state index contributed by atoms with van der Waals surface area (Å²) in [5.74, 6) is -0.907. The van der Waals surface area contributed by atoms with Crippen molar-refractivity contribution in [2.45, 2.75) is 199 Å². The number of hydrogen-bond donors (Lipinski definition) is 3. The molecule has 0 radical (unpaired) electrons. The molecule has 4 N–H and O–H groups in total. The highest BCUT2D eigenvalue weighted by atomic mass is 31.2. The van der Waals surface area contributed by atoms with Gasteiger partial charge in [-0.25, -0.2) is 4.57 Å². The smallest absolute Gasteiger partial charge is 0.462 e. The summed E-state index contributed by atoms with van der Waals surface area (Å²) in [6.45, 7) is 3.22. The number of nitrogens with two attached hydrogens (primary N) is 1. The monoisotopic (exact) mass is 812 g/mol. The van der Waals surface area contributed by atoms with E-state index in [4.69, 9.17) is 24.3 Å². The number of esters is 2. The maximum Gasteiger partial charge on any atom is 0.472 e. The molecule has 0 saturated heterocycles. The van der Waals surface area contributed by atoms with Crippen molar-refractivity contribution in [1.82, 2.24) is 0 Å². The summed E-state index contributed by atoms with van der Waals surface area (Å²) in [5.41, 5.74) is 5.34. The zero-order valence-corrected chi connectivity index (χ0v) is 36.4. The van der Waals surface area contributed by atoms with E-state index in [-0.39, 0.29) is 38.7 Å². The maximum absolute atomic E-state index is 12.6. The molecule has 11 heteroatoms. The second-order valence-corrected chi connectivity index (χ2v) is 16.3. The molecule has 0 heterocycles. The van der Waals surface area contributed by atoms with Crippen molar-refractivity contribution < 1.29 is 42.7 Å². The summed E-state index contributed by atoms with van der Waals surface area (Å²) in [4.78, 5) is 34.9. The Labute approximate surface area is 341 Å². The summed E-state index contributed by atoms with van der Waals surface area (Å²) in [5, 5.41) is 9.26. The van der Waals surface area contributed by atoms with Crippen LogP contribution in [-0.2, 0) is 32.7 Å². The van der Waals surface area contributed by atoms with Gasteiger partial charge in [-0.2, -0.15) is 0 Å². The summed E-state index contributed by atoms with van der Waals surface area (Å²) >= 11 is 0. The second kappa shape index (κ2) is 41.1. The Hall–Kier alpha value is -2.07. The SMILES string of the molecule is CCCCCCCCCCCCCCCCCCCC(=O)O[C@H](COC(=O)CCC/C=C\C/C=C\C/C=C\C/C=C\CCC[C@@H](C)O)COP(=O)(O)OCCN. The van der Waals surface area contributed by atoms with Crippen molar-refractivity contribution in [2.75, 3.05) is 26.4 Å². The van der Waals surface area contributed by atoms with Crippen LogP contribution in [0.1, 0.15) is 187 Å². The van der Waals surface area contributed by atoms with E-state index in [9.17, 15) is 24.2 Å². The molecule has 326 valence electrons. The van der Waals surface area contributed by atoms with Crippen LogP contribution in [0, 0.1) is 0 Å². The Balaban J connectivity index is 4.22. The van der Waals surface area contributed by atoms with Crippen LogP contribution >= 0.6 is 7.82 Å². The Kier molecular flexibility index (Phi) is 39.6. The normalized spacial score (nSPS) is 14.3. The van der Waals surface area contributed by atoms with Gasteiger partial charge in [0.25, 0.3) is 0 Å². The van der Waals surface area contributed by atoms with Gasteiger partial charge in [0.2, 0.25) is 0 Å². The largest absolute Gasteiger partial charge is 0.472 e. The van der Waals surface area contributed by atoms with E-state index in [0.29, 0.717) is 12.8 Å². The van der Waals surface area contributed by atoms with Gasteiger partial charge in [0.1, 0.15) is 6.61 Å². The first-order chi connectivity index (χ1) is 27.2. The minimum Gasteiger partial charge on any atom is -0.462 e. The quantitative estimate of drug-likeness (QED) is 0.0235. The van der Waals surface area contributed by atoms with Crippen LogP contribution in [0.5, 0.6) is 0 Å². The third-order valence-electron chi connectivity index (χ3n) is 9.24. The van der Waals surface area contributed by atoms with Crippen LogP contribution in [0.15, 0.2) is 48.6 Å². The molecule has 3 atom stereocenters. The van der Waals surface area contributed by atoms with Crippen molar-refractivity contribution >= 4 is 19.8 Å². The fraction of sp³-hybridized carbons (Fsp3) is 0.778. The summed E-state index contributed by atoms with van der Waals surface area (Å²) in [7, 11) is -4.40. The number of phosphoric acid groups is 1. The fourth-order valence-corrected chi connectivity index (χ4v) is 6.71. The van der Waals surface area contributed by atoms with E-state index >= 15 is 0 Å². The number of aliphatic hydroxyl groups excluding tert-OH is 1. The lowest BCUT2D eigenvalue weighted by Crippen LogP contribution is -2.29. The van der Waals surface area contributed by atoms with Crippen LogP contribution in [0.3, 0.4) is 0 Å². The predicted molar refractivity (Wildman–Crippen MR) is 230 cm³/mol. The molecule has 0 aliphatic heterocycles. The molecule has 0 bridgehead atoms. The highest BCUT2D eigenvalue weighted by molar-refractivity contribution is 7.47. The average molecular weight is 812 g/mol. The first-order valence-electron chi connectivity index (χ1n) is 22.1. The lowest BCUT2D eigenvalue weighted by molar-refractivity contribution is -0.161. The molecular weight excluding hydrogens is 729 g/mol. The third-order valence-corrected chi connectivity index (χ3v) is 10.2. The van der Waals surface area contributed by atoms with Crippen molar-refractivity contribution in [3.63, 3.8) is 0 Å². The van der Waals surface area contributed by atoms with Crippen molar-refractivity contribution in [1.29, 1.82) is 0 Å². The summed E-state index contributed by atoms with van der Waals surface area (Å²) < 4.78 is 32.7. The fourth-order valence-electron chi connectivity index (χ4n) is 5.94. The Morgan fingerprint density at radius 1 is 0.607 bits per heavy atom. The Morgan fingerprint density at radius 3 is 1.54 bits per heavy atom. The van der Waals surface area contributed by atoms with E-state index in [1.54, 1.807) is 0 Å². The molecule has 0 rings (SSSR count). The van der Waals surface area contributed by atoms with Crippen LogP contribution in [0.25, 0.3) is 0 Å². The molecule has 1 unspecified atom stereocenters. The van der Waals surface area contributed by atoms with Crippen LogP contribution in [0.2, 0.25) is 0 Å². The highest BCUT2D eigenvalue weighted by Gasteiger charge is 2.26. The van der Waals surface area contributed by atoms with Gasteiger partial charge in [-0.15, -0.1) is 0 Å². The molecule has 0 aromatic heterocycles. The lowest BCUT2D eigenvalue weighted by atomic mass is 10.0. The number of hydrogen-bond acceptors (Lipinski definition) is 9. The molecule has 0 spiro atoms. The molecule has 0 fully saturated rings. The van der Waals surface area contributed by atoms with Gasteiger partial charge in [-0.1, -0.05) is 158 Å². The van der Waals surface area contributed by atoms with Crippen molar-refractivity contribution in [2.24, 2.45) is 5.73 Å². The highest BCUT2D eigenvalue weighted by Crippen LogP contribution is 2.43. The molecule has 10 nitrogen and oxygen atoms in total. The number of carbonyl (C=O) groups is 2. The van der Waals surface area contributed by atoms with Gasteiger partial charge in [0.05, 0.1) is 19.3 Å². The second-order valence-electron chi connectivity index (χ2n) is 14.9.